The van der Waals surface area contributed by atoms with Gasteiger partial charge in [0, 0.05) is 0 Å². The Morgan fingerprint density at radius 1 is 1.47 bits per heavy atom. The molecule has 4 heteroatoms. The molecule has 0 spiro atoms. The van der Waals surface area contributed by atoms with E-state index < -0.39 is 12.0 Å². The second kappa shape index (κ2) is 5.08. The van der Waals surface area contributed by atoms with Crippen LogP contribution in [0.2, 0.25) is 0 Å². The Labute approximate surface area is 101 Å². The maximum absolute atomic E-state index is 11.2. The lowest BCUT2D eigenvalue weighted by Gasteiger charge is -2.32. The van der Waals surface area contributed by atoms with E-state index in [4.69, 9.17) is 4.74 Å². The fourth-order valence-corrected chi connectivity index (χ4v) is 2.09. The van der Waals surface area contributed by atoms with Crippen molar-refractivity contribution < 1.29 is 14.6 Å². The van der Waals surface area contributed by atoms with Crippen LogP contribution in [0.5, 0.6) is 5.75 Å². The molecule has 2 N–H and O–H groups in total. The first-order valence-electron chi connectivity index (χ1n) is 5.84. The Bertz CT molecular complexity index is 401. The van der Waals surface area contributed by atoms with Crippen molar-refractivity contribution in [3.8, 4) is 5.75 Å². The topological polar surface area (TPSA) is 58.6 Å². The van der Waals surface area contributed by atoms with Crippen molar-refractivity contribution in [3.05, 3.63) is 24.3 Å². The van der Waals surface area contributed by atoms with Crippen LogP contribution in [0, 0.1) is 5.92 Å². The van der Waals surface area contributed by atoms with Gasteiger partial charge in [-0.25, -0.2) is 4.79 Å². The standard InChI is InChI=1S/C13H17NO3/c1-17-11-8-3-2-7-10(11)14-12(13(15)16)9-5-4-6-9/h2-3,7-9,12,14H,4-6H2,1H3,(H,15,16). The van der Waals surface area contributed by atoms with Gasteiger partial charge in [-0.2, -0.15) is 0 Å². The van der Waals surface area contributed by atoms with Crippen LogP contribution in [0.4, 0.5) is 5.69 Å². The summed E-state index contributed by atoms with van der Waals surface area (Å²) in [7, 11) is 1.58. The molecule has 92 valence electrons. The lowest BCUT2D eigenvalue weighted by atomic mass is 9.79. The summed E-state index contributed by atoms with van der Waals surface area (Å²) in [6, 6.07) is 6.88. The van der Waals surface area contributed by atoms with Gasteiger partial charge in [-0.3, -0.25) is 0 Å². The first-order chi connectivity index (χ1) is 8.22. The highest BCUT2D eigenvalue weighted by molar-refractivity contribution is 5.78. The number of hydrogen-bond acceptors (Lipinski definition) is 3. The highest BCUT2D eigenvalue weighted by Crippen LogP contribution is 2.33. The van der Waals surface area contributed by atoms with E-state index in [1.165, 1.54) is 0 Å². The Kier molecular flexibility index (Phi) is 3.52. The zero-order valence-corrected chi connectivity index (χ0v) is 9.85. The van der Waals surface area contributed by atoms with Crippen molar-refractivity contribution in [3.63, 3.8) is 0 Å². The number of rotatable bonds is 5. The number of ether oxygens (including phenoxy) is 1. The molecule has 0 aliphatic heterocycles. The molecule has 1 aromatic rings. The number of methoxy groups -OCH3 is 1. The molecule has 4 nitrogen and oxygen atoms in total. The monoisotopic (exact) mass is 235 g/mol. The van der Waals surface area contributed by atoms with E-state index in [1.807, 2.05) is 24.3 Å². The molecule has 0 amide bonds. The van der Waals surface area contributed by atoms with Gasteiger partial charge in [0.1, 0.15) is 11.8 Å². The third-order valence-electron chi connectivity index (χ3n) is 3.31. The van der Waals surface area contributed by atoms with Gasteiger partial charge in [0.2, 0.25) is 0 Å². The number of nitrogens with one attached hydrogen (secondary N) is 1. The first-order valence-corrected chi connectivity index (χ1v) is 5.84. The lowest BCUT2D eigenvalue weighted by molar-refractivity contribution is -0.139. The molecule has 1 saturated carbocycles. The molecule has 1 aromatic carbocycles. The predicted molar refractivity (Wildman–Crippen MR) is 65.4 cm³/mol. The zero-order chi connectivity index (χ0) is 12.3. The van der Waals surface area contributed by atoms with Gasteiger partial charge in [0.25, 0.3) is 0 Å². The molecular formula is C13H17NO3. The van der Waals surface area contributed by atoms with Gasteiger partial charge in [-0.05, 0) is 30.9 Å². The molecular weight excluding hydrogens is 218 g/mol. The minimum Gasteiger partial charge on any atom is -0.495 e. The molecule has 2 rings (SSSR count). The number of carboxylic acids is 1. The van der Waals surface area contributed by atoms with E-state index in [2.05, 4.69) is 5.32 Å². The van der Waals surface area contributed by atoms with Crippen molar-refractivity contribution in [2.24, 2.45) is 5.92 Å². The minimum absolute atomic E-state index is 0.234. The van der Waals surface area contributed by atoms with Crippen LogP contribution >= 0.6 is 0 Å². The van der Waals surface area contributed by atoms with Gasteiger partial charge < -0.3 is 15.2 Å². The lowest BCUT2D eigenvalue weighted by Crippen LogP contribution is -2.40. The Morgan fingerprint density at radius 2 is 2.18 bits per heavy atom. The van der Waals surface area contributed by atoms with Crippen LogP contribution < -0.4 is 10.1 Å². The van der Waals surface area contributed by atoms with Crippen molar-refractivity contribution in [2.45, 2.75) is 25.3 Å². The summed E-state index contributed by atoms with van der Waals surface area (Å²) < 4.78 is 5.20. The van der Waals surface area contributed by atoms with E-state index >= 15 is 0 Å². The minimum atomic E-state index is -0.791. The SMILES string of the molecule is COc1ccccc1NC(C(=O)O)C1CCC1. The van der Waals surface area contributed by atoms with Gasteiger partial charge in [-0.1, -0.05) is 18.6 Å². The second-order valence-corrected chi connectivity index (χ2v) is 4.35. The zero-order valence-electron chi connectivity index (χ0n) is 9.85. The van der Waals surface area contributed by atoms with Crippen molar-refractivity contribution >= 4 is 11.7 Å². The summed E-state index contributed by atoms with van der Waals surface area (Å²) in [6.07, 6.45) is 3.10. The molecule has 17 heavy (non-hydrogen) atoms. The quantitative estimate of drug-likeness (QED) is 0.822. The summed E-state index contributed by atoms with van der Waals surface area (Å²) in [5.41, 5.74) is 0.745. The molecule has 0 saturated heterocycles. The van der Waals surface area contributed by atoms with Crippen LogP contribution in [0.3, 0.4) is 0 Å². The number of benzene rings is 1. The van der Waals surface area contributed by atoms with E-state index in [0.29, 0.717) is 5.75 Å². The second-order valence-electron chi connectivity index (χ2n) is 4.35. The van der Waals surface area contributed by atoms with Gasteiger partial charge >= 0.3 is 5.97 Å². The van der Waals surface area contributed by atoms with Crippen LogP contribution in [0.25, 0.3) is 0 Å². The summed E-state index contributed by atoms with van der Waals surface area (Å²) in [5, 5.41) is 12.3. The number of para-hydroxylation sites is 2. The Morgan fingerprint density at radius 3 is 2.71 bits per heavy atom. The Balaban J connectivity index is 2.13. The maximum Gasteiger partial charge on any atom is 0.326 e. The van der Waals surface area contributed by atoms with E-state index in [-0.39, 0.29) is 5.92 Å². The Hall–Kier alpha value is -1.71. The molecule has 1 aliphatic rings. The van der Waals surface area contributed by atoms with Gasteiger partial charge in [-0.15, -0.1) is 0 Å². The third-order valence-corrected chi connectivity index (χ3v) is 3.31. The van der Waals surface area contributed by atoms with E-state index in [9.17, 15) is 9.90 Å². The molecule has 1 atom stereocenters. The molecule has 0 radical (unpaired) electrons. The normalized spacial score (nSPS) is 17.0. The largest absolute Gasteiger partial charge is 0.495 e. The van der Waals surface area contributed by atoms with Gasteiger partial charge in [0.15, 0.2) is 0 Å². The highest BCUT2D eigenvalue weighted by atomic mass is 16.5. The molecule has 1 unspecified atom stereocenters. The first kappa shape index (κ1) is 11.8. The molecule has 1 fully saturated rings. The van der Waals surface area contributed by atoms with Crippen molar-refractivity contribution in [1.82, 2.24) is 0 Å². The average molecular weight is 235 g/mol. The smallest absolute Gasteiger partial charge is 0.326 e. The highest BCUT2D eigenvalue weighted by Gasteiger charge is 2.32. The molecule has 0 bridgehead atoms. The number of carboxylic acid groups (broad SMARTS) is 1. The summed E-state index contributed by atoms with van der Waals surface area (Å²) in [4.78, 5) is 11.2. The third kappa shape index (κ3) is 2.52. The number of carbonyl (C=O) groups is 1. The average Bonchev–Trinajstić information content (AvgIpc) is 2.26. The van der Waals surface area contributed by atoms with Gasteiger partial charge in [0.05, 0.1) is 12.8 Å². The fraction of sp³-hybridized carbons (Fsp3) is 0.462. The molecule has 0 aromatic heterocycles. The summed E-state index contributed by atoms with van der Waals surface area (Å²) in [5.74, 6) is 0.121. The van der Waals surface area contributed by atoms with Crippen molar-refractivity contribution in [1.29, 1.82) is 0 Å². The fourth-order valence-electron chi connectivity index (χ4n) is 2.09. The van der Waals surface area contributed by atoms with Crippen LogP contribution in [0.1, 0.15) is 19.3 Å². The number of hydrogen-bond donors (Lipinski definition) is 2. The summed E-state index contributed by atoms with van der Waals surface area (Å²) >= 11 is 0. The summed E-state index contributed by atoms with van der Waals surface area (Å²) in [6.45, 7) is 0. The van der Waals surface area contributed by atoms with Crippen LogP contribution in [-0.4, -0.2) is 24.2 Å². The molecule has 1 aliphatic carbocycles. The van der Waals surface area contributed by atoms with E-state index in [1.54, 1.807) is 7.11 Å². The predicted octanol–water partition coefficient (Wildman–Crippen LogP) is 2.36. The van der Waals surface area contributed by atoms with Crippen LogP contribution in [-0.2, 0) is 4.79 Å². The van der Waals surface area contributed by atoms with E-state index in [0.717, 1.165) is 24.9 Å². The number of aliphatic carboxylic acids is 1. The van der Waals surface area contributed by atoms with Crippen molar-refractivity contribution in [2.75, 3.05) is 12.4 Å². The molecule has 0 heterocycles. The van der Waals surface area contributed by atoms with Crippen LogP contribution in [0.15, 0.2) is 24.3 Å². The number of anilines is 1. The maximum atomic E-state index is 11.2.